The molecule has 7 rings (SSSR count). The number of hydrogen-bond acceptors (Lipinski definition) is 7. The maximum Gasteiger partial charge on any atom is 0.206 e. The van der Waals surface area contributed by atoms with Crippen molar-refractivity contribution in [3.8, 4) is 17.2 Å². The van der Waals surface area contributed by atoms with Crippen LogP contribution in [0.1, 0.15) is 18.4 Å². The van der Waals surface area contributed by atoms with Crippen LogP contribution in [0.4, 0.5) is 5.69 Å². The zero-order chi connectivity index (χ0) is 21.5. The van der Waals surface area contributed by atoms with E-state index in [0.29, 0.717) is 54.5 Å². The van der Waals surface area contributed by atoms with Gasteiger partial charge in [-0.15, -0.1) is 0 Å². The number of benzene rings is 1. The minimum absolute atomic E-state index is 0.0102. The fourth-order valence-electron chi connectivity index (χ4n) is 7.24. The molecule has 31 heavy (non-hydrogen) atoms. The minimum Gasteiger partial charge on any atom is -0.632 e. The van der Waals surface area contributed by atoms with Crippen LogP contribution in [-0.4, -0.2) is 70.8 Å². The van der Waals surface area contributed by atoms with E-state index >= 15 is 0 Å². The van der Waals surface area contributed by atoms with Gasteiger partial charge in [-0.1, -0.05) is 6.08 Å². The van der Waals surface area contributed by atoms with Crippen molar-refractivity contribution in [1.82, 2.24) is 0 Å². The van der Waals surface area contributed by atoms with Gasteiger partial charge in [-0.05, 0) is 5.57 Å². The second-order valence-corrected chi connectivity index (χ2v) is 9.28. The van der Waals surface area contributed by atoms with Crippen LogP contribution in [0.15, 0.2) is 22.7 Å². The molecule has 6 heterocycles. The molecular weight excluding hydrogens is 400 g/mol. The first-order chi connectivity index (χ1) is 15.0. The zero-order valence-corrected chi connectivity index (χ0v) is 18.3. The Balaban J connectivity index is 1.58. The Hall–Kier alpha value is -2.29. The third-order valence-corrected chi connectivity index (χ3v) is 8.38. The molecule has 8 heteroatoms. The molecule has 166 valence electrons. The molecule has 0 radical (unpaired) electrons. The van der Waals surface area contributed by atoms with Crippen molar-refractivity contribution in [1.29, 1.82) is 0 Å². The van der Waals surface area contributed by atoms with E-state index in [1.165, 1.54) is 5.57 Å². The van der Waals surface area contributed by atoms with E-state index in [0.717, 1.165) is 18.4 Å². The van der Waals surface area contributed by atoms with E-state index in [4.69, 9.17) is 28.7 Å². The van der Waals surface area contributed by atoms with Crippen molar-refractivity contribution in [2.75, 3.05) is 48.2 Å². The van der Waals surface area contributed by atoms with E-state index in [1.807, 2.05) is 0 Å². The highest BCUT2D eigenvalue weighted by Gasteiger charge is 2.75. The number of rotatable bonds is 5. The first kappa shape index (κ1) is 19.4. The highest BCUT2D eigenvalue weighted by molar-refractivity contribution is 6.01. The lowest BCUT2D eigenvalue weighted by Gasteiger charge is -2.63. The van der Waals surface area contributed by atoms with Gasteiger partial charge in [-0.2, -0.15) is 0 Å². The molecular formula is C23H28N2O6. The van der Waals surface area contributed by atoms with E-state index < -0.39 is 5.41 Å². The van der Waals surface area contributed by atoms with Crippen LogP contribution >= 0.6 is 0 Å². The number of aliphatic imine (C=N–C) groups is 1. The highest BCUT2D eigenvalue weighted by Crippen LogP contribution is 2.68. The van der Waals surface area contributed by atoms with Gasteiger partial charge in [0.05, 0.1) is 46.5 Å². The molecule has 0 saturated carbocycles. The second-order valence-electron chi connectivity index (χ2n) is 9.28. The lowest BCUT2D eigenvalue weighted by molar-refractivity contribution is -0.932. The number of ether oxygens (including phenoxy) is 5. The van der Waals surface area contributed by atoms with Crippen molar-refractivity contribution in [3.63, 3.8) is 0 Å². The van der Waals surface area contributed by atoms with Crippen LogP contribution in [0.3, 0.4) is 0 Å². The summed E-state index contributed by atoms with van der Waals surface area (Å²) < 4.78 is 28.6. The summed E-state index contributed by atoms with van der Waals surface area (Å²) in [6.45, 7) is 1.58. The van der Waals surface area contributed by atoms with Crippen LogP contribution in [-0.2, 0) is 14.9 Å². The molecule has 6 aliphatic rings. The predicted molar refractivity (Wildman–Crippen MR) is 113 cm³/mol. The molecule has 6 unspecified atom stereocenters. The standard InChI is InChI=1S/C23H28N2O6/c1-27-6-5-12-10-25(26)15-9-23-18(25)7-13(12)14(15)11-31-22(23)24-20-16(28-2)8-17(29-3)21(30-4)19(20)23/h5,8,13-15,18H,6-7,9-11H2,1-4H3. The van der Waals surface area contributed by atoms with Crippen LogP contribution < -0.4 is 14.2 Å². The summed E-state index contributed by atoms with van der Waals surface area (Å²) in [5, 5.41) is 14.5. The predicted octanol–water partition coefficient (Wildman–Crippen LogP) is 2.70. The van der Waals surface area contributed by atoms with Crippen LogP contribution in [0.25, 0.3) is 0 Å². The molecule has 5 saturated heterocycles. The molecule has 0 aliphatic carbocycles. The van der Waals surface area contributed by atoms with Crippen LogP contribution in [0, 0.1) is 17.0 Å². The third-order valence-electron chi connectivity index (χ3n) is 8.38. The van der Waals surface area contributed by atoms with E-state index in [-0.39, 0.29) is 22.6 Å². The normalized spacial score (nSPS) is 39.6. The third kappa shape index (κ3) is 2.13. The van der Waals surface area contributed by atoms with Gasteiger partial charge in [0.25, 0.3) is 0 Å². The van der Waals surface area contributed by atoms with Gasteiger partial charge in [-0.3, -0.25) is 0 Å². The summed E-state index contributed by atoms with van der Waals surface area (Å²) in [7, 11) is 6.57. The van der Waals surface area contributed by atoms with Gasteiger partial charge < -0.3 is 33.5 Å². The van der Waals surface area contributed by atoms with Gasteiger partial charge in [0.2, 0.25) is 5.90 Å². The lowest BCUT2D eigenvalue weighted by Crippen LogP contribution is -2.70. The molecule has 0 aromatic heterocycles. The fourth-order valence-corrected chi connectivity index (χ4v) is 7.24. The smallest absolute Gasteiger partial charge is 0.206 e. The van der Waals surface area contributed by atoms with E-state index in [2.05, 4.69) is 6.08 Å². The van der Waals surface area contributed by atoms with Crippen molar-refractivity contribution in [2.24, 2.45) is 16.8 Å². The van der Waals surface area contributed by atoms with E-state index in [1.54, 1.807) is 34.5 Å². The molecule has 1 spiro atoms. The summed E-state index contributed by atoms with van der Waals surface area (Å²) in [5.41, 5.74) is 2.23. The van der Waals surface area contributed by atoms with Crippen LogP contribution in [0.2, 0.25) is 0 Å². The molecule has 6 aliphatic heterocycles. The number of nitrogens with zero attached hydrogens (tertiary/aromatic N) is 2. The zero-order valence-electron chi connectivity index (χ0n) is 18.3. The number of hydroxylamine groups is 3. The summed E-state index contributed by atoms with van der Waals surface area (Å²) >= 11 is 0. The Morgan fingerprint density at radius 3 is 2.74 bits per heavy atom. The van der Waals surface area contributed by atoms with Crippen molar-refractivity contribution < 1.29 is 28.3 Å². The number of quaternary nitrogens is 1. The highest BCUT2D eigenvalue weighted by atomic mass is 16.6. The van der Waals surface area contributed by atoms with Gasteiger partial charge in [-0.25, -0.2) is 4.99 Å². The summed E-state index contributed by atoms with van der Waals surface area (Å²) in [6, 6.07) is 1.63. The lowest BCUT2D eigenvalue weighted by atomic mass is 9.67. The van der Waals surface area contributed by atoms with Crippen LogP contribution in [0.5, 0.6) is 17.2 Å². The average molecular weight is 428 g/mol. The fraction of sp³-hybridized carbons (Fsp3) is 0.609. The molecule has 5 bridgehead atoms. The Labute approximate surface area is 181 Å². The first-order valence-corrected chi connectivity index (χ1v) is 10.8. The average Bonchev–Trinajstić information content (AvgIpc) is 3.07. The number of piperidine rings is 3. The largest absolute Gasteiger partial charge is 0.632 e. The number of methoxy groups -OCH3 is 4. The minimum atomic E-state index is -0.606. The van der Waals surface area contributed by atoms with Crippen molar-refractivity contribution in [3.05, 3.63) is 28.5 Å². The molecule has 6 atom stereocenters. The molecule has 5 fully saturated rings. The Bertz CT molecular complexity index is 1020. The molecule has 1 aromatic carbocycles. The van der Waals surface area contributed by atoms with Gasteiger partial charge >= 0.3 is 0 Å². The van der Waals surface area contributed by atoms with Gasteiger partial charge in [0, 0.05) is 37.5 Å². The van der Waals surface area contributed by atoms with Crippen molar-refractivity contribution in [2.45, 2.75) is 30.3 Å². The molecule has 8 nitrogen and oxygen atoms in total. The monoisotopic (exact) mass is 428 g/mol. The molecule has 0 N–H and O–H groups in total. The Morgan fingerprint density at radius 1 is 1.23 bits per heavy atom. The van der Waals surface area contributed by atoms with Gasteiger partial charge in [0.1, 0.15) is 29.4 Å². The first-order valence-electron chi connectivity index (χ1n) is 10.8. The second kappa shape index (κ2) is 6.37. The molecule has 1 aromatic rings. The number of hydrogen-bond donors (Lipinski definition) is 0. The molecule has 0 amide bonds. The maximum atomic E-state index is 14.5. The quantitative estimate of drug-likeness (QED) is 0.408. The Morgan fingerprint density at radius 2 is 2.03 bits per heavy atom. The summed E-state index contributed by atoms with van der Waals surface area (Å²) in [4.78, 5) is 4.91. The Kier molecular flexibility index (Phi) is 3.99. The number of fused-ring (bicyclic) bond motifs is 2. The summed E-state index contributed by atoms with van der Waals surface area (Å²) in [6.07, 6.45) is 3.65. The SMILES string of the molecule is COCC=C1C[N+]2([O-])C3CC45C(=Nc6c(OC)cc(OC)c(OC)c64)OCC3C1CC52. The van der Waals surface area contributed by atoms with E-state index in [9.17, 15) is 5.21 Å². The summed E-state index contributed by atoms with van der Waals surface area (Å²) in [5.74, 6) is 3.03. The van der Waals surface area contributed by atoms with Gasteiger partial charge in [0.15, 0.2) is 11.5 Å². The van der Waals surface area contributed by atoms with Crippen molar-refractivity contribution >= 4 is 11.6 Å². The topological polar surface area (TPSA) is 81.6 Å². The maximum absolute atomic E-state index is 14.5.